The maximum absolute atomic E-state index is 14.4. The third-order valence-electron chi connectivity index (χ3n) is 4.72. The van der Waals surface area contributed by atoms with Crippen LogP contribution in [0.25, 0.3) is 0 Å². The van der Waals surface area contributed by atoms with E-state index in [1.807, 2.05) is 23.1 Å². The lowest BCUT2D eigenvalue weighted by molar-refractivity contribution is 0.0298. The molecular formula is C17H16Cl2FN3O. The maximum atomic E-state index is 14.4. The lowest BCUT2D eigenvalue weighted by Gasteiger charge is -2.37. The Labute approximate surface area is 149 Å². The van der Waals surface area contributed by atoms with Gasteiger partial charge in [0.05, 0.1) is 18.2 Å². The average Bonchev–Trinajstić information content (AvgIpc) is 3.03. The van der Waals surface area contributed by atoms with Crippen LogP contribution in [0.1, 0.15) is 30.9 Å². The molecule has 0 radical (unpaired) electrons. The van der Waals surface area contributed by atoms with Gasteiger partial charge in [0.25, 0.3) is 0 Å². The maximum Gasteiger partial charge on any atom is 0.225 e. The van der Waals surface area contributed by atoms with Crippen LogP contribution in [-0.2, 0) is 4.74 Å². The summed E-state index contributed by atoms with van der Waals surface area (Å²) < 4.78 is 20.7. The van der Waals surface area contributed by atoms with Crippen molar-refractivity contribution in [3.8, 4) is 0 Å². The van der Waals surface area contributed by atoms with Crippen molar-refractivity contribution in [1.29, 1.82) is 0 Å². The molecule has 1 aromatic carbocycles. The number of ether oxygens (including phenoxy) is 1. The molecule has 2 aliphatic rings. The number of rotatable bonds is 2. The second-order valence-electron chi connectivity index (χ2n) is 6.13. The van der Waals surface area contributed by atoms with Gasteiger partial charge in [-0.1, -0.05) is 41.9 Å². The van der Waals surface area contributed by atoms with Gasteiger partial charge in [-0.3, -0.25) is 0 Å². The summed E-state index contributed by atoms with van der Waals surface area (Å²) >= 11 is 11.7. The summed E-state index contributed by atoms with van der Waals surface area (Å²) in [6.45, 7) is 0.701. The zero-order valence-corrected chi connectivity index (χ0v) is 14.3. The summed E-state index contributed by atoms with van der Waals surface area (Å²) in [4.78, 5) is 9.68. The Hall–Kier alpha value is -1.43. The normalized spacial score (nSPS) is 26.5. The minimum absolute atomic E-state index is 0.0117. The Morgan fingerprint density at radius 1 is 1.17 bits per heavy atom. The first kappa shape index (κ1) is 16.1. The number of hydrogen-bond donors (Lipinski definition) is 0. The SMILES string of the molecule is Fc1c(Cl)nc(Cl)nc1N1CCC[C@@H]2O[C@H](c3ccccc3)C[C@@H]21. The Kier molecular flexibility index (Phi) is 4.33. The number of aromatic nitrogens is 2. The third kappa shape index (κ3) is 2.85. The standard InChI is InChI=1S/C17H16Cl2FN3O/c18-15-14(20)16(22-17(19)21-15)23-8-4-7-12-11(23)9-13(24-12)10-5-2-1-3-6-10/h1-3,5-6,11-13H,4,7-9H2/t11-,12-,13-/m0/s1. The highest BCUT2D eigenvalue weighted by molar-refractivity contribution is 6.32. The number of benzene rings is 1. The summed E-state index contributed by atoms with van der Waals surface area (Å²) in [5.74, 6) is -0.447. The van der Waals surface area contributed by atoms with Crippen LogP contribution in [0.5, 0.6) is 0 Å². The Morgan fingerprint density at radius 3 is 2.75 bits per heavy atom. The zero-order chi connectivity index (χ0) is 16.7. The van der Waals surface area contributed by atoms with Gasteiger partial charge < -0.3 is 9.64 Å². The second-order valence-corrected chi connectivity index (χ2v) is 6.83. The van der Waals surface area contributed by atoms with E-state index in [0.717, 1.165) is 24.8 Å². The van der Waals surface area contributed by atoms with Crippen molar-refractivity contribution in [2.45, 2.75) is 37.5 Å². The van der Waals surface area contributed by atoms with Crippen molar-refractivity contribution in [3.63, 3.8) is 0 Å². The highest BCUT2D eigenvalue weighted by Gasteiger charge is 2.43. The average molecular weight is 368 g/mol. The quantitative estimate of drug-likeness (QED) is 0.581. The largest absolute Gasteiger partial charge is 0.368 e. The lowest BCUT2D eigenvalue weighted by Crippen LogP contribution is -2.46. The van der Waals surface area contributed by atoms with Crippen LogP contribution < -0.4 is 4.90 Å². The molecule has 3 heterocycles. The highest BCUT2D eigenvalue weighted by atomic mass is 35.5. The summed E-state index contributed by atoms with van der Waals surface area (Å²) in [6, 6.07) is 10.2. The number of piperidine rings is 1. The molecule has 2 saturated heterocycles. The van der Waals surface area contributed by atoms with E-state index in [1.54, 1.807) is 0 Å². The van der Waals surface area contributed by atoms with Crippen LogP contribution in [-0.4, -0.2) is 28.7 Å². The van der Waals surface area contributed by atoms with Gasteiger partial charge >= 0.3 is 0 Å². The summed E-state index contributed by atoms with van der Waals surface area (Å²) in [7, 11) is 0. The molecule has 2 aliphatic heterocycles. The molecule has 0 unspecified atom stereocenters. The first-order valence-electron chi connectivity index (χ1n) is 7.99. The van der Waals surface area contributed by atoms with E-state index in [1.165, 1.54) is 0 Å². The Bertz CT molecular complexity index is 746. The number of anilines is 1. The van der Waals surface area contributed by atoms with Gasteiger partial charge in [0.1, 0.15) is 0 Å². The minimum atomic E-state index is -0.620. The summed E-state index contributed by atoms with van der Waals surface area (Å²) in [5.41, 5.74) is 1.14. The highest BCUT2D eigenvalue weighted by Crippen LogP contribution is 2.41. The molecule has 2 aromatic rings. The molecule has 126 valence electrons. The number of hydrogen-bond acceptors (Lipinski definition) is 4. The predicted molar refractivity (Wildman–Crippen MR) is 91.1 cm³/mol. The van der Waals surface area contributed by atoms with Gasteiger partial charge in [-0.2, -0.15) is 9.37 Å². The first-order valence-corrected chi connectivity index (χ1v) is 8.74. The molecule has 1 aromatic heterocycles. The van der Waals surface area contributed by atoms with Crippen molar-refractivity contribution in [3.05, 3.63) is 52.1 Å². The molecule has 4 nitrogen and oxygen atoms in total. The molecular weight excluding hydrogens is 352 g/mol. The fraction of sp³-hybridized carbons (Fsp3) is 0.412. The van der Waals surface area contributed by atoms with Crippen molar-refractivity contribution in [1.82, 2.24) is 9.97 Å². The van der Waals surface area contributed by atoms with E-state index in [2.05, 4.69) is 22.1 Å². The van der Waals surface area contributed by atoms with Gasteiger partial charge in [0, 0.05) is 13.0 Å². The van der Waals surface area contributed by atoms with Gasteiger partial charge in [0.15, 0.2) is 11.0 Å². The first-order chi connectivity index (χ1) is 11.6. The molecule has 3 atom stereocenters. The van der Waals surface area contributed by atoms with Gasteiger partial charge in [-0.25, -0.2) is 4.98 Å². The van der Waals surface area contributed by atoms with Crippen LogP contribution in [0.15, 0.2) is 30.3 Å². The van der Waals surface area contributed by atoms with E-state index >= 15 is 0 Å². The monoisotopic (exact) mass is 367 g/mol. The molecule has 4 rings (SSSR count). The van der Waals surface area contributed by atoms with E-state index in [4.69, 9.17) is 27.9 Å². The molecule has 24 heavy (non-hydrogen) atoms. The van der Waals surface area contributed by atoms with Crippen LogP contribution in [0.3, 0.4) is 0 Å². The fourth-order valence-electron chi connectivity index (χ4n) is 3.66. The van der Waals surface area contributed by atoms with Crippen LogP contribution in [0, 0.1) is 5.82 Å². The molecule has 0 saturated carbocycles. The molecule has 0 N–H and O–H groups in total. The molecule has 2 fully saturated rings. The number of halogens is 3. The molecule has 7 heteroatoms. The third-order valence-corrected chi connectivity index (χ3v) is 5.14. The van der Waals surface area contributed by atoms with E-state index in [9.17, 15) is 4.39 Å². The van der Waals surface area contributed by atoms with Gasteiger partial charge in [-0.05, 0) is 30.0 Å². The molecule has 0 spiro atoms. The van der Waals surface area contributed by atoms with Gasteiger partial charge in [0.2, 0.25) is 11.1 Å². The second kappa shape index (κ2) is 6.47. The van der Waals surface area contributed by atoms with E-state index < -0.39 is 5.82 Å². The van der Waals surface area contributed by atoms with Crippen molar-refractivity contribution >= 4 is 29.0 Å². The zero-order valence-electron chi connectivity index (χ0n) is 12.8. The Morgan fingerprint density at radius 2 is 1.96 bits per heavy atom. The summed E-state index contributed by atoms with van der Waals surface area (Å²) in [5, 5.41) is -0.289. The van der Waals surface area contributed by atoms with Crippen LogP contribution >= 0.6 is 23.2 Å². The minimum Gasteiger partial charge on any atom is -0.368 e. The van der Waals surface area contributed by atoms with E-state index in [-0.39, 0.29) is 34.5 Å². The predicted octanol–water partition coefficient (Wildman–Crippen LogP) is 4.42. The molecule has 0 aliphatic carbocycles. The molecule has 0 amide bonds. The van der Waals surface area contributed by atoms with Crippen molar-refractivity contribution < 1.29 is 9.13 Å². The van der Waals surface area contributed by atoms with Crippen LogP contribution in [0.2, 0.25) is 10.4 Å². The van der Waals surface area contributed by atoms with Crippen molar-refractivity contribution in [2.75, 3.05) is 11.4 Å². The number of fused-ring (bicyclic) bond motifs is 1. The topological polar surface area (TPSA) is 38.2 Å². The fourth-order valence-corrected chi connectivity index (χ4v) is 4.04. The lowest BCUT2D eigenvalue weighted by atomic mass is 9.95. The van der Waals surface area contributed by atoms with Crippen molar-refractivity contribution in [2.24, 2.45) is 0 Å². The molecule has 0 bridgehead atoms. The Balaban J connectivity index is 1.64. The van der Waals surface area contributed by atoms with Gasteiger partial charge in [-0.15, -0.1) is 0 Å². The van der Waals surface area contributed by atoms with E-state index in [0.29, 0.717) is 6.54 Å². The summed E-state index contributed by atoms with van der Waals surface area (Å²) in [6.07, 6.45) is 2.71. The smallest absolute Gasteiger partial charge is 0.225 e. The van der Waals surface area contributed by atoms with Crippen LogP contribution in [0.4, 0.5) is 10.2 Å². The number of nitrogens with zero attached hydrogens (tertiary/aromatic N) is 3.